The lowest BCUT2D eigenvalue weighted by atomic mass is 10.3. The van der Waals surface area contributed by atoms with E-state index in [-0.39, 0.29) is 0 Å². The minimum atomic E-state index is 0.564. The van der Waals surface area contributed by atoms with Gasteiger partial charge in [0.15, 0.2) is 5.11 Å². The predicted molar refractivity (Wildman–Crippen MR) is 80.4 cm³/mol. The molecule has 0 aliphatic heterocycles. The van der Waals surface area contributed by atoms with Crippen LogP contribution in [0.4, 0.5) is 0 Å². The van der Waals surface area contributed by atoms with Crippen molar-refractivity contribution in [3.05, 3.63) is 29.1 Å². The van der Waals surface area contributed by atoms with Crippen LogP contribution in [0.2, 0.25) is 0 Å². The van der Waals surface area contributed by atoms with E-state index >= 15 is 0 Å². The molecule has 0 unspecified atom stereocenters. The van der Waals surface area contributed by atoms with Crippen molar-refractivity contribution in [3.8, 4) is 0 Å². The van der Waals surface area contributed by atoms with Crippen molar-refractivity contribution in [2.24, 2.45) is 12.1 Å². The second-order valence-corrected chi connectivity index (χ2v) is 5.31. The van der Waals surface area contributed by atoms with Crippen molar-refractivity contribution in [1.29, 1.82) is 0 Å². The van der Waals surface area contributed by atoms with Crippen molar-refractivity contribution >= 4 is 38.9 Å². The fourth-order valence-electron chi connectivity index (χ4n) is 1.56. The van der Waals surface area contributed by atoms with Crippen LogP contribution in [-0.2, 0) is 7.05 Å². The number of thiazole rings is 1. The zero-order valence-electron chi connectivity index (χ0n) is 10.4. The summed E-state index contributed by atoms with van der Waals surface area (Å²) >= 11 is 6.76. The monoisotopic (exact) mass is 280 g/mol. The first kappa shape index (κ1) is 13.0. The number of hydrogen-bond donors (Lipinski definition) is 2. The van der Waals surface area contributed by atoms with Gasteiger partial charge in [-0.3, -0.25) is 5.43 Å². The van der Waals surface area contributed by atoms with Crippen LogP contribution in [0.5, 0.6) is 0 Å². The molecular weight excluding hydrogens is 264 g/mol. The molecule has 0 spiro atoms. The number of nitrogens with zero attached hydrogens (tertiary/aromatic N) is 2. The van der Waals surface area contributed by atoms with E-state index in [4.69, 9.17) is 12.2 Å². The van der Waals surface area contributed by atoms with Crippen LogP contribution in [0, 0.1) is 0 Å². The second kappa shape index (κ2) is 5.97. The van der Waals surface area contributed by atoms with E-state index in [2.05, 4.69) is 39.5 Å². The molecule has 0 aliphatic rings. The number of aromatic nitrogens is 1. The number of para-hydroxylation sites is 1. The van der Waals surface area contributed by atoms with Gasteiger partial charge in [0, 0.05) is 13.6 Å². The Hall–Kier alpha value is -1.40. The topological polar surface area (TPSA) is 41.4 Å². The highest BCUT2D eigenvalue weighted by Gasteiger charge is 2.01. The van der Waals surface area contributed by atoms with Gasteiger partial charge in [-0.1, -0.05) is 30.4 Å². The minimum Gasteiger partial charge on any atom is -0.361 e. The zero-order chi connectivity index (χ0) is 13.0. The molecule has 2 N–H and O–H groups in total. The third-order valence-electron chi connectivity index (χ3n) is 2.50. The molecule has 1 aromatic carbocycles. The van der Waals surface area contributed by atoms with E-state index in [0.29, 0.717) is 5.11 Å². The fourth-order valence-corrected chi connectivity index (χ4v) is 2.69. The van der Waals surface area contributed by atoms with Gasteiger partial charge in [0.1, 0.15) is 0 Å². The molecule has 0 radical (unpaired) electrons. The molecule has 96 valence electrons. The molecule has 2 rings (SSSR count). The Morgan fingerprint density at radius 1 is 1.44 bits per heavy atom. The summed E-state index contributed by atoms with van der Waals surface area (Å²) in [4.78, 5) is 0.900. The maximum absolute atomic E-state index is 5.12. The van der Waals surface area contributed by atoms with E-state index < -0.39 is 0 Å². The first-order valence-electron chi connectivity index (χ1n) is 5.84. The standard InChI is InChI=1S/C12H16N4S2/c1-3-8-13-11(17)14-15-12-16(2)9-6-4-5-7-10(9)18-12/h4-7H,3,8H2,1-2H3,(H2,13,14,17)/b15-12+. The van der Waals surface area contributed by atoms with Crippen LogP contribution >= 0.6 is 23.6 Å². The van der Waals surface area contributed by atoms with Crippen molar-refractivity contribution < 1.29 is 0 Å². The summed E-state index contributed by atoms with van der Waals surface area (Å²) in [6, 6.07) is 8.23. The van der Waals surface area contributed by atoms with Crippen molar-refractivity contribution in [3.63, 3.8) is 0 Å². The molecule has 0 atom stereocenters. The molecule has 0 saturated heterocycles. The van der Waals surface area contributed by atoms with Gasteiger partial charge in [-0.15, -0.1) is 5.10 Å². The average molecular weight is 280 g/mol. The third-order valence-corrected chi connectivity index (χ3v) is 3.85. The van der Waals surface area contributed by atoms with Crippen molar-refractivity contribution in [2.45, 2.75) is 13.3 Å². The van der Waals surface area contributed by atoms with Crippen LogP contribution < -0.4 is 15.5 Å². The highest BCUT2D eigenvalue weighted by molar-refractivity contribution is 7.80. The maximum Gasteiger partial charge on any atom is 0.209 e. The number of nitrogens with one attached hydrogen (secondary N) is 2. The molecule has 0 aliphatic carbocycles. The molecule has 0 amide bonds. The Kier molecular flexibility index (Phi) is 4.33. The molecule has 1 heterocycles. The lowest BCUT2D eigenvalue weighted by Crippen LogP contribution is -2.34. The lowest BCUT2D eigenvalue weighted by Gasteiger charge is -2.03. The number of aryl methyl sites for hydroxylation is 1. The van der Waals surface area contributed by atoms with E-state index in [1.54, 1.807) is 11.3 Å². The minimum absolute atomic E-state index is 0.564. The Bertz CT molecular complexity index is 612. The summed E-state index contributed by atoms with van der Waals surface area (Å²) in [6.07, 6.45) is 1.04. The summed E-state index contributed by atoms with van der Waals surface area (Å²) in [5.41, 5.74) is 4.05. The highest BCUT2D eigenvalue weighted by atomic mass is 32.1. The van der Waals surface area contributed by atoms with Gasteiger partial charge in [-0.25, -0.2) is 0 Å². The number of thiocarbonyl (C=S) groups is 1. The van der Waals surface area contributed by atoms with Gasteiger partial charge in [0.25, 0.3) is 0 Å². The van der Waals surface area contributed by atoms with Crippen LogP contribution in [0.25, 0.3) is 10.2 Å². The largest absolute Gasteiger partial charge is 0.361 e. The molecule has 4 nitrogen and oxygen atoms in total. The quantitative estimate of drug-likeness (QED) is 0.667. The first-order valence-corrected chi connectivity index (χ1v) is 7.07. The summed E-state index contributed by atoms with van der Waals surface area (Å²) < 4.78 is 3.27. The van der Waals surface area contributed by atoms with Gasteiger partial charge < -0.3 is 9.88 Å². The molecule has 1 aromatic heterocycles. The number of hydrogen-bond acceptors (Lipinski definition) is 3. The smallest absolute Gasteiger partial charge is 0.209 e. The maximum atomic E-state index is 5.12. The Morgan fingerprint density at radius 2 is 2.22 bits per heavy atom. The zero-order valence-corrected chi connectivity index (χ0v) is 12.1. The molecule has 2 aromatic rings. The van der Waals surface area contributed by atoms with Gasteiger partial charge in [0.05, 0.1) is 10.2 Å². The van der Waals surface area contributed by atoms with Crippen LogP contribution in [-0.4, -0.2) is 16.2 Å². The third kappa shape index (κ3) is 2.88. The van der Waals surface area contributed by atoms with Gasteiger partial charge in [0.2, 0.25) is 4.80 Å². The molecule has 0 saturated carbocycles. The Labute approximate surface area is 115 Å². The number of benzene rings is 1. The van der Waals surface area contributed by atoms with Gasteiger partial charge >= 0.3 is 0 Å². The van der Waals surface area contributed by atoms with Crippen molar-refractivity contribution in [2.75, 3.05) is 6.54 Å². The van der Waals surface area contributed by atoms with E-state index in [1.807, 2.05) is 19.2 Å². The molecular formula is C12H16N4S2. The first-order chi connectivity index (χ1) is 8.72. The SMILES string of the molecule is CCCNC(=S)N/N=c1/sc2ccccc2n1C. The average Bonchev–Trinajstić information content (AvgIpc) is 2.71. The predicted octanol–water partition coefficient (Wildman–Crippen LogP) is 1.93. The van der Waals surface area contributed by atoms with E-state index in [1.165, 1.54) is 10.2 Å². The summed E-state index contributed by atoms with van der Waals surface area (Å²) in [6.45, 7) is 2.96. The lowest BCUT2D eigenvalue weighted by molar-refractivity contribution is 0.794. The summed E-state index contributed by atoms with van der Waals surface area (Å²) in [5, 5.41) is 7.97. The van der Waals surface area contributed by atoms with Crippen LogP contribution in [0.15, 0.2) is 29.4 Å². The molecule has 0 bridgehead atoms. The van der Waals surface area contributed by atoms with E-state index in [0.717, 1.165) is 17.8 Å². The second-order valence-electron chi connectivity index (χ2n) is 3.89. The van der Waals surface area contributed by atoms with Crippen molar-refractivity contribution in [1.82, 2.24) is 15.3 Å². The van der Waals surface area contributed by atoms with Crippen LogP contribution in [0.1, 0.15) is 13.3 Å². The fraction of sp³-hybridized carbons (Fsp3) is 0.333. The highest BCUT2D eigenvalue weighted by Crippen LogP contribution is 2.14. The van der Waals surface area contributed by atoms with Gasteiger partial charge in [-0.2, -0.15) is 0 Å². The molecule has 6 heteroatoms. The Morgan fingerprint density at radius 3 is 2.94 bits per heavy atom. The summed E-state index contributed by atoms with van der Waals surface area (Å²) in [7, 11) is 2.00. The number of rotatable bonds is 3. The normalized spacial score (nSPS) is 11.8. The Balaban J connectivity index is 2.20. The molecule has 18 heavy (non-hydrogen) atoms. The van der Waals surface area contributed by atoms with E-state index in [9.17, 15) is 0 Å². The number of fused-ring (bicyclic) bond motifs is 1. The summed E-state index contributed by atoms with van der Waals surface area (Å²) in [5.74, 6) is 0. The van der Waals surface area contributed by atoms with Crippen LogP contribution in [0.3, 0.4) is 0 Å². The van der Waals surface area contributed by atoms with Gasteiger partial charge in [-0.05, 0) is 30.8 Å². The molecule has 0 fully saturated rings.